The molecule has 0 bridgehead atoms. The van der Waals surface area contributed by atoms with Crippen molar-refractivity contribution in [3.8, 4) is 11.1 Å². The number of benzene rings is 1. The highest BCUT2D eigenvalue weighted by Crippen LogP contribution is 2.29. The molecule has 0 aliphatic rings. The maximum Gasteiger partial charge on any atom is 0.153 e. The molecule has 0 atom stereocenters. The van der Waals surface area contributed by atoms with E-state index >= 15 is 0 Å². The number of aromatic amines is 1. The zero-order valence-corrected chi connectivity index (χ0v) is 10.6. The molecule has 2 aromatic rings. The second-order valence-electron chi connectivity index (χ2n) is 4.93. The van der Waals surface area contributed by atoms with Crippen molar-refractivity contribution in [1.82, 2.24) is 10.2 Å². The van der Waals surface area contributed by atoms with Gasteiger partial charge in [-0.1, -0.05) is 43.7 Å². The van der Waals surface area contributed by atoms with Crippen molar-refractivity contribution in [3.05, 3.63) is 35.5 Å². The summed E-state index contributed by atoms with van der Waals surface area (Å²) in [6, 6.07) is 8.39. The molecule has 1 heterocycles. The van der Waals surface area contributed by atoms with Crippen LogP contribution in [0.1, 0.15) is 25.1 Å². The second kappa shape index (κ2) is 4.62. The van der Waals surface area contributed by atoms with Gasteiger partial charge in [0.2, 0.25) is 0 Å². The lowest BCUT2D eigenvalue weighted by Crippen LogP contribution is -1.97. The summed E-state index contributed by atoms with van der Waals surface area (Å²) in [5, 5.41) is 7.16. The first kappa shape index (κ1) is 11.7. The number of aromatic nitrogens is 2. The zero-order chi connectivity index (χ0) is 12.4. The SMILES string of the molecule is Cc1ccc(-c2c(N)n[nH]c2CC(C)C)cc1. The molecule has 2 rings (SSSR count). The Bertz CT molecular complexity index is 495. The van der Waals surface area contributed by atoms with Gasteiger partial charge in [0.15, 0.2) is 5.82 Å². The number of aryl methyl sites for hydroxylation is 1. The predicted molar refractivity (Wildman–Crippen MR) is 71.7 cm³/mol. The highest BCUT2D eigenvalue weighted by atomic mass is 15.2. The molecule has 0 fully saturated rings. The van der Waals surface area contributed by atoms with Crippen LogP contribution < -0.4 is 5.73 Å². The first-order valence-electron chi connectivity index (χ1n) is 5.97. The van der Waals surface area contributed by atoms with Gasteiger partial charge in [-0.3, -0.25) is 5.10 Å². The van der Waals surface area contributed by atoms with Crippen molar-refractivity contribution in [2.75, 3.05) is 5.73 Å². The monoisotopic (exact) mass is 229 g/mol. The third-order valence-corrected chi connectivity index (χ3v) is 2.82. The Morgan fingerprint density at radius 3 is 2.47 bits per heavy atom. The van der Waals surface area contributed by atoms with Crippen LogP contribution in [0.3, 0.4) is 0 Å². The molecule has 17 heavy (non-hydrogen) atoms. The molecule has 0 spiro atoms. The van der Waals surface area contributed by atoms with Crippen LogP contribution in [0.25, 0.3) is 11.1 Å². The van der Waals surface area contributed by atoms with Gasteiger partial charge in [0.05, 0.1) is 0 Å². The minimum absolute atomic E-state index is 0.582. The van der Waals surface area contributed by atoms with Gasteiger partial charge in [0.25, 0.3) is 0 Å². The highest BCUT2D eigenvalue weighted by Gasteiger charge is 2.13. The summed E-state index contributed by atoms with van der Waals surface area (Å²) in [6.07, 6.45) is 0.966. The number of nitrogens with zero attached hydrogens (tertiary/aromatic N) is 1. The van der Waals surface area contributed by atoms with Crippen LogP contribution in [0.4, 0.5) is 5.82 Å². The molecule has 0 radical (unpaired) electrons. The molecular weight excluding hydrogens is 210 g/mol. The molecule has 3 N–H and O–H groups in total. The summed E-state index contributed by atoms with van der Waals surface area (Å²) < 4.78 is 0. The molecule has 0 saturated heterocycles. The lowest BCUT2D eigenvalue weighted by Gasteiger charge is -2.07. The number of anilines is 1. The zero-order valence-electron chi connectivity index (χ0n) is 10.6. The van der Waals surface area contributed by atoms with Gasteiger partial charge in [-0.2, -0.15) is 5.10 Å². The predicted octanol–water partition coefficient (Wildman–Crippen LogP) is 3.17. The minimum Gasteiger partial charge on any atom is -0.382 e. The van der Waals surface area contributed by atoms with E-state index in [4.69, 9.17) is 5.73 Å². The lowest BCUT2D eigenvalue weighted by molar-refractivity contribution is 0.634. The Hall–Kier alpha value is -1.77. The molecule has 90 valence electrons. The summed E-state index contributed by atoms with van der Waals surface area (Å²) in [4.78, 5) is 0. The van der Waals surface area contributed by atoms with Gasteiger partial charge >= 0.3 is 0 Å². The smallest absolute Gasteiger partial charge is 0.153 e. The molecule has 0 aliphatic heterocycles. The number of hydrogen-bond donors (Lipinski definition) is 2. The number of nitrogens with two attached hydrogens (primary N) is 1. The first-order chi connectivity index (χ1) is 8.08. The van der Waals surface area contributed by atoms with Crippen LogP contribution in [0.5, 0.6) is 0 Å². The molecule has 3 heteroatoms. The van der Waals surface area contributed by atoms with E-state index in [1.807, 2.05) is 0 Å². The van der Waals surface area contributed by atoms with E-state index in [1.165, 1.54) is 5.56 Å². The topological polar surface area (TPSA) is 54.7 Å². The molecule has 0 amide bonds. The van der Waals surface area contributed by atoms with Gasteiger partial charge in [-0.05, 0) is 24.8 Å². The molecule has 0 saturated carbocycles. The van der Waals surface area contributed by atoms with Gasteiger partial charge in [0, 0.05) is 11.3 Å². The Labute approximate surface area is 102 Å². The Kier molecular flexibility index (Phi) is 3.18. The van der Waals surface area contributed by atoms with Gasteiger partial charge in [-0.15, -0.1) is 0 Å². The quantitative estimate of drug-likeness (QED) is 0.849. The fraction of sp³-hybridized carbons (Fsp3) is 0.357. The average Bonchev–Trinajstić information content (AvgIpc) is 2.61. The van der Waals surface area contributed by atoms with E-state index in [2.05, 4.69) is 55.2 Å². The third kappa shape index (κ3) is 2.49. The van der Waals surface area contributed by atoms with Crippen molar-refractivity contribution >= 4 is 5.82 Å². The molecule has 1 aromatic heterocycles. The van der Waals surface area contributed by atoms with E-state index in [9.17, 15) is 0 Å². The molecule has 3 nitrogen and oxygen atoms in total. The molecule has 1 aromatic carbocycles. The summed E-state index contributed by atoms with van der Waals surface area (Å²) >= 11 is 0. The summed E-state index contributed by atoms with van der Waals surface area (Å²) in [5.74, 6) is 1.17. The second-order valence-corrected chi connectivity index (χ2v) is 4.93. The van der Waals surface area contributed by atoms with Crippen molar-refractivity contribution in [3.63, 3.8) is 0 Å². The number of H-pyrrole nitrogens is 1. The summed E-state index contributed by atoms with van der Waals surface area (Å²) in [5.41, 5.74) is 10.5. The van der Waals surface area contributed by atoms with E-state index in [-0.39, 0.29) is 0 Å². The van der Waals surface area contributed by atoms with Crippen LogP contribution in [-0.4, -0.2) is 10.2 Å². The fourth-order valence-corrected chi connectivity index (χ4v) is 1.99. The van der Waals surface area contributed by atoms with Crippen LogP contribution in [0.15, 0.2) is 24.3 Å². The highest BCUT2D eigenvalue weighted by molar-refractivity contribution is 5.76. The largest absolute Gasteiger partial charge is 0.382 e. The van der Waals surface area contributed by atoms with E-state index in [1.54, 1.807) is 0 Å². The standard InChI is InChI=1S/C14H19N3/c1-9(2)8-12-13(14(15)17-16-12)11-6-4-10(3)5-7-11/h4-7,9H,8H2,1-3H3,(H3,15,16,17). The molecular formula is C14H19N3. The Morgan fingerprint density at radius 1 is 1.24 bits per heavy atom. The fourth-order valence-electron chi connectivity index (χ4n) is 1.99. The van der Waals surface area contributed by atoms with Crippen molar-refractivity contribution in [1.29, 1.82) is 0 Å². The van der Waals surface area contributed by atoms with Crippen LogP contribution in [0, 0.1) is 12.8 Å². The maximum absolute atomic E-state index is 5.94. The van der Waals surface area contributed by atoms with Crippen LogP contribution >= 0.6 is 0 Å². The third-order valence-electron chi connectivity index (χ3n) is 2.82. The van der Waals surface area contributed by atoms with Crippen molar-refractivity contribution < 1.29 is 0 Å². The van der Waals surface area contributed by atoms with E-state index in [0.29, 0.717) is 11.7 Å². The van der Waals surface area contributed by atoms with Crippen LogP contribution in [0.2, 0.25) is 0 Å². The number of hydrogen-bond acceptors (Lipinski definition) is 2. The summed E-state index contributed by atoms with van der Waals surface area (Å²) in [7, 11) is 0. The van der Waals surface area contributed by atoms with E-state index in [0.717, 1.165) is 23.2 Å². The van der Waals surface area contributed by atoms with Gasteiger partial charge in [0.1, 0.15) is 0 Å². The Morgan fingerprint density at radius 2 is 1.88 bits per heavy atom. The molecule has 0 aliphatic carbocycles. The van der Waals surface area contributed by atoms with Gasteiger partial charge in [-0.25, -0.2) is 0 Å². The van der Waals surface area contributed by atoms with Gasteiger partial charge < -0.3 is 5.73 Å². The maximum atomic E-state index is 5.94. The van der Waals surface area contributed by atoms with Crippen molar-refractivity contribution in [2.45, 2.75) is 27.2 Å². The number of rotatable bonds is 3. The lowest BCUT2D eigenvalue weighted by atomic mass is 9.99. The van der Waals surface area contributed by atoms with Crippen molar-refractivity contribution in [2.24, 2.45) is 5.92 Å². The summed E-state index contributed by atoms with van der Waals surface area (Å²) in [6.45, 7) is 6.46. The van der Waals surface area contributed by atoms with Crippen LogP contribution in [-0.2, 0) is 6.42 Å². The molecule has 0 unspecified atom stereocenters. The first-order valence-corrected chi connectivity index (χ1v) is 5.97. The van der Waals surface area contributed by atoms with E-state index < -0.39 is 0 Å². The number of nitrogen functional groups attached to an aromatic ring is 1. The Balaban J connectivity index is 2.43. The number of nitrogens with one attached hydrogen (secondary N) is 1. The average molecular weight is 229 g/mol. The normalized spacial score (nSPS) is 11.1. The minimum atomic E-state index is 0.582.